The second-order valence-corrected chi connectivity index (χ2v) is 5.86. The largest absolute Gasteiger partial charge is 0.442 e. The van der Waals surface area contributed by atoms with E-state index >= 15 is 0 Å². The molecule has 0 fully saturated rings. The lowest BCUT2D eigenvalue weighted by Gasteiger charge is -2.26. The molecular formula is C16H21NO3. The lowest BCUT2D eigenvalue weighted by Crippen LogP contribution is -2.37. The van der Waals surface area contributed by atoms with Gasteiger partial charge in [0.1, 0.15) is 12.2 Å². The van der Waals surface area contributed by atoms with Gasteiger partial charge in [0, 0.05) is 5.92 Å². The summed E-state index contributed by atoms with van der Waals surface area (Å²) in [4.78, 5) is 17.7. The van der Waals surface area contributed by atoms with Crippen LogP contribution < -0.4 is 0 Å². The molecule has 1 unspecified atom stereocenters. The van der Waals surface area contributed by atoms with Crippen molar-refractivity contribution < 1.29 is 14.4 Å². The summed E-state index contributed by atoms with van der Waals surface area (Å²) in [6, 6.07) is 8.00. The van der Waals surface area contributed by atoms with E-state index in [1.165, 1.54) is 5.06 Å². The fraction of sp³-hybridized carbons (Fsp3) is 0.438. The first kappa shape index (κ1) is 14.6. The van der Waals surface area contributed by atoms with E-state index in [-0.39, 0.29) is 5.92 Å². The zero-order chi connectivity index (χ0) is 14.8. The topological polar surface area (TPSA) is 38.8 Å². The highest BCUT2D eigenvalue weighted by Gasteiger charge is 2.28. The number of hydrogen-bond donors (Lipinski definition) is 0. The highest BCUT2D eigenvalue weighted by atomic mass is 16.7. The number of ether oxygens (including phenoxy) is 1. The third-order valence-corrected chi connectivity index (χ3v) is 3.07. The van der Waals surface area contributed by atoms with Crippen LogP contribution in [0.1, 0.15) is 37.8 Å². The van der Waals surface area contributed by atoms with Crippen molar-refractivity contribution in [3.05, 3.63) is 48.0 Å². The number of hydroxylamine groups is 2. The Bertz CT molecular complexity index is 505. The maximum Gasteiger partial charge on any atom is 0.434 e. The van der Waals surface area contributed by atoms with Crippen molar-refractivity contribution in [1.82, 2.24) is 5.06 Å². The second-order valence-electron chi connectivity index (χ2n) is 5.86. The van der Waals surface area contributed by atoms with Crippen LogP contribution in [-0.2, 0) is 16.2 Å². The molecule has 1 aliphatic rings. The standard InChI is InChI=1S/C16H21NO3/c1-5-12-10-17(15(18)20-16(2,3)4)19-11-13-8-6-7-9-14(12)13/h5-9,12H,1,10-11H2,2-4H3. The zero-order valence-electron chi connectivity index (χ0n) is 12.3. The lowest BCUT2D eigenvalue weighted by atomic mass is 9.95. The van der Waals surface area contributed by atoms with Gasteiger partial charge in [-0.25, -0.2) is 4.79 Å². The summed E-state index contributed by atoms with van der Waals surface area (Å²) >= 11 is 0. The predicted molar refractivity (Wildman–Crippen MR) is 77.1 cm³/mol. The smallest absolute Gasteiger partial charge is 0.434 e. The number of carbonyl (C=O) groups is 1. The Morgan fingerprint density at radius 2 is 2.15 bits per heavy atom. The summed E-state index contributed by atoms with van der Waals surface area (Å²) in [6.07, 6.45) is 1.38. The third-order valence-electron chi connectivity index (χ3n) is 3.07. The van der Waals surface area contributed by atoms with E-state index in [9.17, 15) is 4.79 Å². The van der Waals surface area contributed by atoms with Gasteiger partial charge < -0.3 is 4.74 Å². The number of nitrogens with zero attached hydrogens (tertiary/aromatic N) is 1. The highest BCUT2D eigenvalue weighted by molar-refractivity contribution is 5.67. The molecule has 1 aliphatic heterocycles. The van der Waals surface area contributed by atoms with Crippen LogP contribution in [0.2, 0.25) is 0 Å². The minimum absolute atomic E-state index is 0.0428. The molecule has 20 heavy (non-hydrogen) atoms. The van der Waals surface area contributed by atoms with Gasteiger partial charge >= 0.3 is 6.09 Å². The molecule has 4 nitrogen and oxygen atoms in total. The summed E-state index contributed by atoms with van der Waals surface area (Å²) in [6.45, 7) is 10.1. The SMILES string of the molecule is C=CC1CN(C(=O)OC(C)(C)C)OCc2ccccc21. The summed E-state index contributed by atoms with van der Waals surface area (Å²) in [5.74, 6) is 0.0428. The first-order chi connectivity index (χ1) is 9.40. The predicted octanol–water partition coefficient (Wildman–Crippen LogP) is 3.64. The first-order valence-electron chi connectivity index (χ1n) is 6.74. The van der Waals surface area contributed by atoms with Gasteiger partial charge in [-0.05, 0) is 31.9 Å². The van der Waals surface area contributed by atoms with Gasteiger partial charge in [-0.15, -0.1) is 6.58 Å². The van der Waals surface area contributed by atoms with E-state index in [4.69, 9.17) is 9.57 Å². The molecule has 0 radical (unpaired) electrons. The van der Waals surface area contributed by atoms with E-state index < -0.39 is 11.7 Å². The highest BCUT2D eigenvalue weighted by Crippen LogP contribution is 2.27. The summed E-state index contributed by atoms with van der Waals surface area (Å²) in [5, 5.41) is 1.29. The van der Waals surface area contributed by atoms with Crippen LogP contribution in [-0.4, -0.2) is 23.3 Å². The van der Waals surface area contributed by atoms with Crippen molar-refractivity contribution in [2.75, 3.05) is 6.54 Å². The van der Waals surface area contributed by atoms with Gasteiger partial charge in [-0.2, -0.15) is 5.06 Å². The monoisotopic (exact) mass is 275 g/mol. The van der Waals surface area contributed by atoms with Crippen molar-refractivity contribution >= 4 is 6.09 Å². The van der Waals surface area contributed by atoms with Crippen LogP contribution in [0.3, 0.4) is 0 Å². The summed E-state index contributed by atoms with van der Waals surface area (Å²) in [5.41, 5.74) is 1.68. The van der Waals surface area contributed by atoms with Gasteiger partial charge in [0.05, 0.1) is 6.54 Å². The van der Waals surface area contributed by atoms with Crippen LogP contribution >= 0.6 is 0 Å². The van der Waals surface area contributed by atoms with Crippen LogP contribution in [0.4, 0.5) is 4.79 Å². The Morgan fingerprint density at radius 1 is 1.45 bits per heavy atom. The molecule has 0 aromatic heterocycles. The van der Waals surface area contributed by atoms with Gasteiger partial charge in [0.2, 0.25) is 0 Å². The number of benzene rings is 1. The maximum absolute atomic E-state index is 12.1. The maximum atomic E-state index is 12.1. The summed E-state index contributed by atoms with van der Waals surface area (Å²) < 4.78 is 5.35. The third kappa shape index (κ3) is 3.39. The molecule has 1 heterocycles. The Kier molecular flexibility index (Phi) is 4.14. The molecule has 0 N–H and O–H groups in total. The zero-order valence-corrected chi connectivity index (χ0v) is 12.3. The van der Waals surface area contributed by atoms with E-state index in [2.05, 4.69) is 6.58 Å². The van der Waals surface area contributed by atoms with E-state index in [1.54, 1.807) is 0 Å². The normalized spacial score (nSPS) is 18.9. The van der Waals surface area contributed by atoms with Crippen LogP contribution in [0.25, 0.3) is 0 Å². The van der Waals surface area contributed by atoms with Crippen molar-refractivity contribution in [1.29, 1.82) is 0 Å². The Morgan fingerprint density at radius 3 is 2.80 bits per heavy atom. The van der Waals surface area contributed by atoms with Gasteiger partial charge in [0.25, 0.3) is 0 Å². The van der Waals surface area contributed by atoms with Gasteiger partial charge in [-0.3, -0.25) is 4.84 Å². The molecule has 0 saturated carbocycles. The molecule has 1 amide bonds. The van der Waals surface area contributed by atoms with Crippen molar-refractivity contribution in [2.24, 2.45) is 0 Å². The van der Waals surface area contributed by atoms with Crippen LogP contribution in [0.15, 0.2) is 36.9 Å². The van der Waals surface area contributed by atoms with E-state index in [0.717, 1.165) is 11.1 Å². The quantitative estimate of drug-likeness (QED) is 0.734. The average Bonchev–Trinajstić information content (AvgIpc) is 2.56. The molecule has 2 rings (SSSR count). The lowest BCUT2D eigenvalue weighted by molar-refractivity contribution is -0.153. The van der Waals surface area contributed by atoms with E-state index in [1.807, 2.05) is 51.1 Å². The molecule has 108 valence electrons. The Balaban J connectivity index is 2.18. The second kappa shape index (κ2) is 5.67. The molecule has 1 aromatic carbocycles. The van der Waals surface area contributed by atoms with Crippen LogP contribution in [0, 0.1) is 0 Å². The number of carbonyl (C=O) groups excluding carboxylic acids is 1. The number of fused-ring (bicyclic) bond motifs is 1. The minimum atomic E-state index is -0.538. The molecule has 1 atom stereocenters. The number of rotatable bonds is 1. The minimum Gasteiger partial charge on any atom is -0.442 e. The van der Waals surface area contributed by atoms with Crippen molar-refractivity contribution in [3.63, 3.8) is 0 Å². The number of amides is 1. The number of hydrogen-bond acceptors (Lipinski definition) is 3. The van der Waals surface area contributed by atoms with Crippen LogP contribution in [0.5, 0.6) is 0 Å². The van der Waals surface area contributed by atoms with E-state index in [0.29, 0.717) is 13.2 Å². The van der Waals surface area contributed by atoms with Crippen molar-refractivity contribution in [2.45, 2.75) is 38.9 Å². The van der Waals surface area contributed by atoms with Crippen molar-refractivity contribution in [3.8, 4) is 0 Å². The molecule has 0 aliphatic carbocycles. The molecule has 1 aromatic rings. The Hall–Kier alpha value is -1.81. The molecular weight excluding hydrogens is 254 g/mol. The molecule has 0 spiro atoms. The summed E-state index contributed by atoms with van der Waals surface area (Å²) in [7, 11) is 0. The average molecular weight is 275 g/mol. The molecule has 4 heteroatoms. The Labute approximate surface area is 119 Å². The fourth-order valence-corrected chi connectivity index (χ4v) is 2.15. The fourth-order valence-electron chi connectivity index (χ4n) is 2.15. The molecule has 0 saturated heterocycles. The van der Waals surface area contributed by atoms with Gasteiger partial charge in [0.15, 0.2) is 0 Å². The molecule has 0 bridgehead atoms. The van der Waals surface area contributed by atoms with Gasteiger partial charge in [-0.1, -0.05) is 30.3 Å². The first-order valence-corrected chi connectivity index (χ1v) is 6.74.